The molecule has 3 N–H and O–H groups in total. The molecule has 0 atom stereocenters. The average Bonchev–Trinajstić information content (AvgIpc) is 2.81. The van der Waals surface area contributed by atoms with Crippen LogP contribution in [0, 0.1) is 0 Å². The number of nitrogens with two attached hydrogens (primary N) is 1. The van der Waals surface area contributed by atoms with Crippen LogP contribution in [0.1, 0.15) is 33.6 Å². The van der Waals surface area contributed by atoms with E-state index in [9.17, 15) is 8.42 Å². The summed E-state index contributed by atoms with van der Waals surface area (Å²) in [5.74, 6) is 0.0553. The van der Waals surface area contributed by atoms with Crippen LogP contribution < -0.4 is 10.5 Å². The minimum absolute atomic E-state index is 0.0553. The summed E-state index contributed by atoms with van der Waals surface area (Å²) in [6, 6.07) is 0. The van der Waals surface area contributed by atoms with Crippen LogP contribution in [0.5, 0.6) is 0 Å². The predicted molar refractivity (Wildman–Crippen MR) is 84.5 cm³/mol. The molecule has 1 rings (SSSR count). The summed E-state index contributed by atoms with van der Waals surface area (Å²) in [7, 11) is -3.58. The van der Waals surface area contributed by atoms with E-state index in [4.69, 9.17) is 5.73 Å². The van der Waals surface area contributed by atoms with Crippen LogP contribution in [0.2, 0.25) is 0 Å². The second-order valence-corrected chi connectivity index (χ2v) is 6.66. The van der Waals surface area contributed by atoms with E-state index in [1.165, 1.54) is 6.20 Å². The molecule has 0 aliphatic rings. The van der Waals surface area contributed by atoms with Gasteiger partial charge in [0.2, 0.25) is 10.0 Å². The number of nitrogens with one attached hydrogen (secondary N) is 1. The Hall–Kier alpha value is -1.12. The van der Waals surface area contributed by atoms with Gasteiger partial charge in [0.1, 0.15) is 4.90 Å². The van der Waals surface area contributed by atoms with E-state index in [2.05, 4.69) is 28.6 Å². The normalized spacial score (nSPS) is 12.2. The third kappa shape index (κ3) is 5.29. The van der Waals surface area contributed by atoms with Gasteiger partial charge in [-0.2, -0.15) is 5.10 Å². The largest absolute Gasteiger partial charge is 0.381 e. The first kappa shape index (κ1) is 17.9. The number of aryl methyl sites for hydroxylation is 1. The molecule has 0 fully saturated rings. The highest BCUT2D eigenvalue weighted by Crippen LogP contribution is 2.16. The topological polar surface area (TPSA) is 93.2 Å². The summed E-state index contributed by atoms with van der Waals surface area (Å²) < 4.78 is 28.5. The van der Waals surface area contributed by atoms with Crippen molar-refractivity contribution in [2.45, 2.75) is 45.1 Å². The van der Waals surface area contributed by atoms with Crippen molar-refractivity contribution in [2.75, 3.05) is 31.9 Å². The molecule has 1 aromatic heterocycles. The smallest absolute Gasteiger partial charge is 0.245 e. The first-order valence-electron chi connectivity index (χ1n) is 7.49. The molecule has 0 amide bonds. The third-order valence-electron chi connectivity index (χ3n) is 3.33. The summed E-state index contributed by atoms with van der Waals surface area (Å²) in [5.41, 5.74) is 5.69. The van der Waals surface area contributed by atoms with Gasteiger partial charge in [-0.15, -0.1) is 0 Å². The van der Waals surface area contributed by atoms with Crippen LogP contribution in [-0.2, 0) is 16.6 Å². The molecule has 0 spiro atoms. The second-order valence-electron chi connectivity index (χ2n) is 4.92. The lowest BCUT2D eigenvalue weighted by Crippen LogP contribution is -2.30. The predicted octanol–water partition coefficient (Wildman–Crippen LogP) is 0.886. The average molecular weight is 317 g/mol. The molecule has 0 radical (unpaired) electrons. The van der Waals surface area contributed by atoms with E-state index in [0.717, 1.165) is 32.5 Å². The second kappa shape index (κ2) is 8.35. The Morgan fingerprint density at radius 3 is 2.57 bits per heavy atom. The van der Waals surface area contributed by atoms with Crippen molar-refractivity contribution < 1.29 is 8.42 Å². The molecule has 7 nitrogen and oxygen atoms in total. The molecule has 1 aromatic rings. The van der Waals surface area contributed by atoms with E-state index < -0.39 is 10.0 Å². The standard InChI is InChI=1S/C13H27N5O2S/c1-4-9-18-11-12(13(14)16-18)21(19,20)15-8-7-10-17(5-2)6-3/h11,15H,4-10H2,1-3H3,(H2,14,16). The van der Waals surface area contributed by atoms with E-state index in [1.807, 2.05) is 6.92 Å². The fraction of sp³-hybridized carbons (Fsp3) is 0.769. The molecule has 0 aliphatic heterocycles. The van der Waals surface area contributed by atoms with Gasteiger partial charge in [0.25, 0.3) is 0 Å². The van der Waals surface area contributed by atoms with Crippen molar-refractivity contribution >= 4 is 15.8 Å². The van der Waals surface area contributed by atoms with Crippen molar-refractivity contribution in [1.29, 1.82) is 0 Å². The number of aromatic nitrogens is 2. The highest BCUT2D eigenvalue weighted by atomic mass is 32.2. The van der Waals surface area contributed by atoms with Gasteiger partial charge < -0.3 is 10.6 Å². The lowest BCUT2D eigenvalue weighted by atomic mass is 10.4. The van der Waals surface area contributed by atoms with Crippen molar-refractivity contribution in [3.63, 3.8) is 0 Å². The molecule has 0 unspecified atom stereocenters. The number of hydrogen-bond donors (Lipinski definition) is 2. The number of nitrogen functional groups attached to an aromatic ring is 1. The van der Waals surface area contributed by atoms with Crippen LogP contribution in [0.25, 0.3) is 0 Å². The summed E-state index contributed by atoms with van der Waals surface area (Å²) in [6.45, 7) is 10.1. The Morgan fingerprint density at radius 1 is 1.33 bits per heavy atom. The number of sulfonamides is 1. The number of anilines is 1. The zero-order chi connectivity index (χ0) is 15.9. The Labute approximate surface area is 127 Å². The van der Waals surface area contributed by atoms with Crippen molar-refractivity contribution in [1.82, 2.24) is 19.4 Å². The summed E-state index contributed by atoms with van der Waals surface area (Å²) in [5, 5.41) is 4.02. The molecule has 122 valence electrons. The van der Waals surface area contributed by atoms with Gasteiger partial charge in [-0.05, 0) is 32.5 Å². The fourth-order valence-corrected chi connectivity index (χ4v) is 3.24. The first-order chi connectivity index (χ1) is 9.94. The summed E-state index contributed by atoms with van der Waals surface area (Å²) in [6.07, 6.45) is 3.13. The fourth-order valence-electron chi connectivity index (χ4n) is 2.10. The molecule has 0 aliphatic carbocycles. The maximum absolute atomic E-state index is 12.2. The quantitative estimate of drug-likeness (QED) is 0.625. The summed E-state index contributed by atoms with van der Waals surface area (Å²) in [4.78, 5) is 2.32. The lowest BCUT2D eigenvalue weighted by Gasteiger charge is -2.17. The van der Waals surface area contributed by atoms with Gasteiger partial charge in [-0.3, -0.25) is 4.68 Å². The van der Waals surface area contributed by atoms with Crippen LogP contribution in [0.3, 0.4) is 0 Å². The molecule has 0 saturated carbocycles. The maximum atomic E-state index is 12.2. The van der Waals surface area contributed by atoms with E-state index in [1.54, 1.807) is 4.68 Å². The molecular formula is C13H27N5O2S. The van der Waals surface area contributed by atoms with Gasteiger partial charge in [-0.25, -0.2) is 13.1 Å². The van der Waals surface area contributed by atoms with Crippen LogP contribution in [0.4, 0.5) is 5.82 Å². The lowest BCUT2D eigenvalue weighted by molar-refractivity contribution is 0.300. The Kier molecular flexibility index (Phi) is 7.13. The SMILES string of the molecule is CCCn1cc(S(=O)(=O)NCCCN(CC)CC)c(N)n1. The number of hydrogen-bond acceptors (Lipinski definition) is 5. The van der Waals surface area contributed by atoms with Gasteiger partial charge >= 0.3 is 0 Å². The van der Waals surface area contributed by atoms with Gasteiger partial charge in [0.05, 0.1) is 0 Å². The minimum Gasteiger partial charge on any atom is -0.381 e. The van der Waals surface area contributed by atoms with E-state index >= 15 is 0 Å². The van der Waals surface area contributed by atoms with Crippen LogP contribution >= 0.6 is 0 Å². The molecule has 0 saturated heterocycles. The van der Waals surface area contributed by atoms with Crippen molar-refractivity contribution in [3.05, 3.63) is 6.20 Å². The minimum atomic E-state index is -3.58. The molecule has 1 heterocycles. The van der Waals surface area contributed by atoms with Gasteiger partial charge in [0, 0.05) is 19.3 Å². The van der Waals surface area contributed by atoms with Crippen molar-refractivity contribution in [3.8, 4) is 0 Å². The Balaban J connectivity index is 2.57. The van der Waals surface area contributed by atoms with E-state index in [0.29, 0.717) is 13.1 Å². The molecule has 21 heavy (non-hydrogen) atoms. The zero-order valence-electron chi connectivity index (χ0n) is 13.2. The zero-order valence-corrected chi connectivity index (χ0v) is 14.0. The Bertz CT molecular complexity index is 523. The van der Waals surface area contributed by atoms with Gasteiger partial charge in [0.15, 0.2) is 5.82 Å². The molecule has 0 aromatic carbocycles. The monoisotopic (exact) mass is 317 g/mol. The molecule has 0 bridgehead atoms. The van der Waals surface area contributed by atoms with Crippen LogP contribution in [0.15, 0.2) is 11.1 Å². The van der Waals surface area contributed by atoms with E-state index in [-0.39, 0.29) is 10.7 Å². The highest BCUT2D eigenvalue weighted by molar-refractivity contribution is 7.89. The Morgan fingerprint density at radius 2 is 2.00 bits per heavy atom. The summed E-state index contributed by atoms with van der Waals surface area (Å²) >= 11 is 0. The highest BCUT2D eigenvalue weighted by Gasteiger charge is 2.20. The molecular weight excluding hydrogens is 290 g/mol. The number of nitrogens with zero attached hydrogens (tertiary/aromatic N) is 3. The van der Waals surface area contributed by atoms with Crippen molar-refractivity contribution in [2.24, 2.45) is 0 Å². The van der Waals surface area contributed by atoms with Gasteiger partial charge in [-0.1, -0.05) is 20.8 Å². The molecule has 8 heteroatoms. The third-order valence-corrected chi connectivity index (χ3v) is 4.81. The first-order valence-corrected chi connectivity index (χ1v) is 8.97. The van der Waals surface area contributed by atoms with Crippen LogP contribution in [-0.4, -0.2) is 49.3 Å². The maximum Gasteiger partial charge on any atom is 0.245 e. The number of rotatable bonds is 10.